The first kappa shape index (κ1) is 25.0. The van der Waals surface area contributed by atoms with Gasteiger partial charge in [-0.25, -0.2) is 4.98 Å². The van der Waals surface area contributed by atoms with Crippen molar-refractivity contribution in [2.24, 2.45) is 5.92 Å². The number of hydrogen-bond acceptors (Lipinski definition) is 6. The van der Waals surface area contributed by atoms with E-state index >= 15 is 0 Å². The molecule has 1 aliphatic carbocycles. The summed E-state index contributed by atoms with van der Waals surface area (Å²) in [6.07, 6.45) is 12.2. The number of carbonyl (C=O) groups excluding carboxylic acids is 1. The maximum absolute atomic E-state index is 12.4. The second-order valence-electron chi connectivity index (χ2n) is 9.86. The molecule has 0 radical (unpaired) electrons. The fraction of sp³-hybridized carbons (Fsp3) is 0.448. The van der Waals surface area contributed by atoms with Gasteiger partial charge in [-0.05, 0) is 61.9 Å². The SMILES string of the molecule is COc1ccccc1C(=O)NCCCCCn1cnc2cc(-c3noc(CCC4CCCC4)n3)ccc21. The molecule has 0 atom stereocenters. The number of unbranched alkanes of at least 4 members (excludes halogenated alkanes) is 2. The molecule has 4 aromatic rings. The number of ether oxygens (including phenoxy) is 1. The van der Waals surface area contributed by atoms with E-state index in [2.05, 4.69) is 31.1 Å². The van der Waals surface area contributed by atoms with Gasteiger partial charge >= 0.3 is 0 Å². The quantitative estimate of drug-likeness (QED) is 0.246. The lowest BCUT2D eigenvalue weighted by Gasteiger charge is -2.09. The molecule has 0 bridgehead atoms. The number of benzene rings is 2. The van der Waals surface area contributed by atoms with Crippen LogP contribution in [0.25, 0.3) is 22.4 Å². The highest BCUT2D eigenvalue weighted by Crippen LogP contribution is 2.29. The molecule has 5 rings (SSSR count). The van der Waals surface area contributed by atoms with Gasteiger partial charge in [0.1, 0.15) is 5.75 Å². The van der Waals surface area contributed by atoms with Crippen LogP contribution < -0.4 is 10.1 Å². The molecule has 1 aliphatic rings. The first-order chi connectivity index (χ1) is 18.2. The Morgan fingerprint density at radius 3 is 2.86 bits per heavy atom. The standard InChI is InChI=1S/C29H35N5O3/c1-36-26-12-6-5-11-23(26)29(35)30-17-7-2-8-18-34-20-31-24-19-22(14-15-25(24)34)28-32-27(37-33-28)16-13-21-9-3-4-10-21/h5-6,11-12,14-15,19-21H,2-4,7-10,13,16-18H2,1H3,(H,30,35). The van der Waals surface area contributed by atoms with Crippen molar-refractivity contribution >= 4 is 16.9 Å². The van der Waals surface area contributed by atoms with Crippen molar-refractivity contribution in [1.29, 1.82) is 0 Å². The maximum atomic E-state index is 12.4. The molecule has 2 heterocycles. The highest BCUT2D eigenvalue weighted by molar-refractivity contribution is 5.96. The van der Waals surface area contributed by atoms with Crippen LogP contribution in [0.4, 0.5) is 0 Å². The number of amides is 1. The van der Waals surface area contributed by atoms with E-state index in [0.29, 0.717) is 23.7 Å². The summed E-state index contributed by atoms with van der Waals surface area (Å²) in [7, 11) is 1.58. The molecule has 8 nitrogen and oxygen atoms in total. The summed E-state index contributed by atoms with van der Waals surface area (Å²) in [5.74, 6) is 2.66. The highest BCUT2D eigenvalue weighted by Gasteiger charge is 2.17. The molecule has 2 aromatic heterocycles. The van der Waals surface area contributed by atoms with E-state index in [1.54, 1.807) is 19.2 Å². The summed E-state index contributed by atoms with van der Waals surface area (Å²) in [5.41, 5.74) is 3.52. The van der Waals surface area contributed by atoms with E-state index in [1.165, 1.54) is 25.7 Å². The third-order valence-electron chi connectivity index (χ3n) is 7.30. The Labute approximate surface area is 217 Å². The van der Waals surface area contributed by atoms with Gasteiger partial charge in [0.25, 0.3) is 5.91 Å². The van der Waals surface area contributed by atoms with Gasteiger partial charge in [-0.2, -0.15) is 4.98 Å². The summed E-state index contributed by atoms with van der Waals surface area (Å²) in [5, 5.41) is 7.19. The van der Waals surface area contributed by atoms with Crippen molar-refractivity contribution < 1.29 is 14.1 Å². The summed E-state index contributed by atoms with van der Waals surface area (Å²) < 4.78 is 13.0. The number of nitrogens with one attached hydrogen (secondary N) is 1. The normalized spacial score (nSPS) is 13.9. The van der Waals surface area contributed by atoms with Gasteiger partial charge in [-0.1, -0.05) is 43.0 Å². The monoisotopic (exact) mass is 501 g/mol. The van der Waals surface area contributed by atoms with Gasteiger partial charge in [0.2, 0.25) is 11.7 Å². The Hall–Kier alpha value is -3.68. The Morgan fingerprint density at radius 1 is 1.14 bits per heavy atom. The summed E-state index contributed by atoms with van der Waals surface area (Å²) in [4.78, 5) is 21.6. The van der Waals surface area contributed by atoms with E-state index in [4.69, 9.17) is 9.26 Å². The lowest BCUT2D eigenvalue weighted by molar-refractivity contribution is 0.0950. The zero-order valence-electron chi connectivity index (χ0n) is 21.5. The smallest absolute Gasteiger partial charge is 0.255 e. The van der Waals surface area contributed by atoms with Crippen LogP contribution in [0.1, 0.15) is 67.6 Å². The van der Waals surface area contributed by atoms with E-state index in [-0.39, 0.29) is 5.91 Å². The molecule has 1 saturated carbocycles. The minimum Gasteiger partial charge on any atom is -0.496 e. The van der Waals surface area contributed by atoms with Crippen molar-refractivity contribution in [2.75, 3.05) is 13.7 Å². The van der Waals surface area contributed by atoms with E-state index in [1.807, 2.05) is 30.6 Å². The molecule has 37 heavy (non-hydrogen) atoms. The van der Waals surface area contributed by atoms with Gasteiger partial charge in [0, 0.05) is 25.1 Å². The second-order valence-corrected chi connectivity index (χ2v) is 9.86. The van der Waals surface area contributed by atoms with Crippen LogP contribution in [-0.4, -0.2) is 39.3 Å². The molecular weight excluding hydrogens is 466 g/mol. The van der Waals surface area contributed by atoms with Crippen LogP contribution in [0.15, 0.2) is 53.3 Å². The van der Waals surface area contributed by atoms with Gasteiger partial charge in [-0.15, -0.1) is 0 Å². The van der Waals surface area contributed by atoms with Gasteiger partial charge < -0.3 is 19.1 Å². The molecule has 8 heteroatoms. The number of imidazole rings is 1. The number of hydrogen-bond donors (Lipinski definition) is 1. The molecule has 1 fully saturated rings. The maximum Gasteiger partial charge on any atom is 0.255 e. The van der Waals surface area contributed by atoms with Crippen LogP contribution in [-0.2, 0) is 13.0 Å². The minimum atomic E-state index is -0.101. The lowest BCUT2D eigenvalue weighted by Crippen LogP contribution is -2.24. The Kier molecular flexibility index (Phi) is 8.13. The topological polar surface area (TPSA) is 95.1 Å². The minimum absolute atomic E-state index is 0.101. The van der Waals surface area contributed by atoms with Crippen LogP contribution in [0.3, 0.4) is 0 Å². The molecule has 194 valence electrons. The fourth-order valence-electron chi connectivity index (χ4n) is 5.19. The number of aryl methyl sites for hydroxylation is 2. The van der Waals surface area contributed by atoms with Crippen LogP contribution >= 0.6 is 0 Å². The third kappa shape index (κ3) is 6.18. The number of aromatic nitrogens is 4. The lowest BCUT2D eigenvalue weighted by atomic mass is 10.0. The van der Waals surface area contributed by atoms with E-state index in [9.17, 15) is 4.79 Å². The van der Waals surface area contributed by atoms with Crippen molar-refractivity contribution in [3.63, 3.8) is 0 Å². The summed E-state index contributed by atoms with van der Waals surface area (Å²) >= 11 is 0. The van der Waals surface area contributed by atoms with E-state index in [0.717, 1.165) is 67.1 Å². The summed E-state index contributed by atoms with van der Waals surface area (Å²) in [6, 6.07) is 13.4. The molecule has 0 saturated heterocycles. The molecule has 1 amide bonds. The first-order valence-electron chi connectivity index (χ1n) is 13.4. The fourth-order valence-corrected chi connectivity index (χ4v) is 5.19. The van der Waals surface area contributed by atoms with Crippen molar-refractivity contribution in [2.45, 2.75) is 64.3 Å². The van der Waals surface area contributed by atoms with Crippen LogP contribution in [0.2, 0.25) is 0 Å². The van der Waals surface area contributed by atoms with Crippen LogP contribution in [0.5, 0.6) is 5.75 Å². The number of methoxy groups -OCH3 is 1. The molecule has 0 spiro atoms. The average molecular weight is 502 g/mol. The van der Waals surface area contributed by atoms with Crippen LogP contribution in [0, 0.1) is 5.92 Å². The average Bonchev–Trinajstić information content (AvgIpc) is 3.70. The third-order valence-corrected chi connectivity index (χ3v) is 7.30. The Balaban J connectivity index is 1.08. The molecule has 0 aliphatic heterocycles. The van der Waals surface area contributed by atoms with Gasteiger partial charge in [0.05, 0.1) is 30.0 Å². The molecule has 0 unspecified atom stereocenters. The largest absolute Gasteiger partial charge is 0.496 e. The van der Waals surface area contributed by atoms with Gasteiger partial charge in [-0.3, -0.25) is 4.79 Å². The zero-order chi connectivity index (χ0) is 25.5. The molecule has 2 aromatic carbocycles. The van der Waals surface area contributed by atoms with Crippen molar-refractivity contribution in [3.8, 4) is 17.1 Å². The summed E-state index contributed by atoms with van der Waals surface area (Å²) in [6.45, 7) is 1.52. The van der Waals surface area contributed by atoms with Crippen molar-refractivity contribution in [1.82, 2.24) is 25.0 Å². The second kappa shape index (κ2) is 12.0. The molecular formula is C29H35N5O3. The Bertz CT molecular complexity index is 1320. The number of fused-ring (bicyclic) bond motifs is 1. The number of rotatable bonds is 12. The van der Waals surface area contributed by atoms with Crippen molar-refractivity contribution in [3.05, 3.63) is 60.2 Å². The Morgan fingerprint density at radius 2 is 2.00 bits per heavy atom. The zero-order valence-corrected chi connectivity index (χ0v) is 21.5. The van der Waals surface area contributed by atoms with E-state index < -0.39 is 0 Å². The number of nitrogens with zero attached hydrogens (tertiary/aromatic N) is 4. The predicted molar refractivity (Wildman–Crippen MR) is 142 cm³/mol. The first-order valence-corrected chi connectivity index (χ1v) is 13.4. The highest BCUT2D eigenvalue weighted by atomic mass is 16.5. The predicted octanol–water partition coefficient (Wildman–Crippen LogP) is 5.82. The van der Waals surface area contributed by atoms with Gasteiger partial charge in [0.15, 0.2) is 0 Å². The molecule has 1 N–H and O–H groups in total. The number of para-hydroxylation sites is 1. The number of carbonyl (C=O) groups is 1.